The van der Waals surface area contributed by atoms with Gasteiger partial charge in [-0.2, -0.15) is 0 Å². The number of carbonyl (C=O) groups is 1. The van der Waals surface area contributed by atoms with Crippen LogP contribution < -0.4 is 14.9 Å². The van der Waals surface area contributed by atoms with Gasteiger partial charge in [-0.1, -0.05) is 59.9 Å². The molecule has 0 aliphatic carbocycles. The highest BCUT2D eigenvalue weighted by Gasteiger charge is 2.32. The van der Waals surface area contributed by atoms with Gasteiger partial charge in [0.05, 0.1) is 29.0 Å². The summed E-state index contributed by atoms with van der Waals surface area (Å²) in [6.45, 7) is 1.74. The highest BCUT2D eigenvalue weighted by Crippen LogP contribution is 2.30. The second-order valence-electron chi connectivity index (χ2n) is 6.54. The van der Waals surface area contributed by atoms with Crippen LogP contribution in [-0.2, 0) is 9.53 Å². The lowest BCUT2D eigenvalue weighted by molar-refractivity contribution is -0.136. The fourth-order valence-corrected chi connectivity index (χ4v) is 4.43. The Morgan fingerprint density at radius 2 is 1.86 bits per heavy atom. The zero-order chi connectivity index (χ0) is 20.5. The third-order valence-corrected chi connectivity index (χ3v) is 5.75. The van der Waals surface area contributed by atoms with Crippen molar-refractivity contribution in [2.75, 3.05) is 7.11 Å². The molecule has 1 N–H and O–H groups in total. The van der Waals surface area contributed by atoms with E-state index in [0.717, 1.165) is 5.56 Å². The molecule has 0 saturated heterocycles. The quantitative estimate of drug-likeness (QED) is 0.676. The van der Waals surface area contributed by atoms with Crippen LogP contribution in [0.1, 0.15) is 24.1 Å². The lowest BCUT2D eigenvalue weighted by Gasteiger charge is -2.24. The molecule has 0 spiro atoms. The topological polar surface area (TPSA) is 80.9 Å². The van der Waals surface area contributed by atoms with E-state index >= 15 is 0 Å². The van der Waals surface area contributed by atoms with Gasteiger partial charge in [-0.25, -0.2) is 9.79 Å². The van der Waals surface area contributed by atoms with E-state index in [1.807, 2.05) is 30.3 Å². The number of nitrogens with zero attached hydrogens (tertiary/aromatic N) is 2. The molecule has 2 aromatic carbocycles. The summed E-state index contributed by atoms with van der Waals surface area (Å²) in [5, 5.41) is 10.1. The zero-order valence-electron chi connectivity index (χ0n) is 15.8. The first-order chi connectivity index (χ1) is 14.0. The van der Waals surface area contributed by atoms with E-state index < -0.39 is 12.0 Å². The Balaban J connectivity index is 2.00. The van der Waals surface area contributed by atoms with Crippen molar-refractivity contribution in [1.29, 1.82) is 0 Å². The van der Waals surface area contributed by atoms with Crippen LogP contribution in [0.4, 0.5) is 0 Å². The zero-order valence-corrected chi connectivity index (χ0v) is 16.6. The van der Waals surface area contributed by atoms with Gasteiger partial charge >= 0.3 is 5.97 Å². The van der Waals surface area contributed by atoms with Crippen LogP contribution in [-0.4, -0.2) is 22.8 Å². The molecule has 0 bridgehead atoms. The molecule has 1 aliphatic heterocycles. The normalized spacial score (nSPS) is 16.3. The van der Waals surface area contributed by atoms with Crippen molar-refractivity contribution in [2.24, 2.45) is 4.99 Å². The van der Waals surface area contributed by atoms with Crippen molar-refractivity contribution in [1.82, 2.24) is 4.57 Å². The van der Waals surface area contributed by atoms with Gasteiger partial charge in [0.2, 0.25) is 0 Å². The highest BCUT2D eigenvalue weighted by molar-refractivity contribution is 7.07. The Labute approximate surface area is 170 Å². The molecule has 2 heterocycles. The smallest absolute Gasteiger partial charge is 0.338 e. The van der Waals surface area contributed by atoms with Gasteiger partial charge in [-0.05, 0) is 24.6 Å². The number of allylic oxidation sites excluding steroid dienone is 1. The molecule has 1 aromatic heterocycles. The monoisotopic (exact) mass is 406 g/mol. The van der Waals surface area contributed by atoms with Gasteiger partial charge in [0.25, 0.3) is 5.56 Å². The van der Waals surface area contributed by atoms with E-state index in [1.54, 1.807) is 37.3 Å². The summed E-state index contributed by atoms with van der Waals surface area (Å²) < 4.78 is 6.92. The van der Waals surface area contributed by atoms with Gasteiger partial charge in [-0.3, -0.25) is 9.36 Å². The molecular weight excluding hydrogens is 388 g/mol. The van der Waals surface area contributed by atoms with Crippen LogP contribution in [0.2, 0.25) is 0 Å². The van der Waals surface area contributed by atoms with E-state index in [-0.39, 0.29) is 11.3 Å². The molecule has 1 atom stereocenters. The lowest BCUT2D eigenvalue weighted by atomic mass is 9.96. The molecule has 29 heavy (non-hydrogen) atoms. The Morgan fingerprint density at radius 1 is 1.17 bits per heavy atom. The molecule has 0 unspecified atom stereocenters. The number of benzene rings is 2. The summed E-state index contributed by atoms with van der Waals surface area (Å²) in [5.41, 5.74) is 1.90. The van der Waals surface area contributed by atoms with E-state index in [9.17, 15) is 14.7 Å². The fourth-order valence-electron chi connectivity index (χ4n) is 3.39. The number of rotatable bonds is 3. The summed E-state index contributed by atoms with van der Waals surface area (Å²) in [5.74, 6) is -0.431. The number of esters is 1. The van der Waals surface area contributed by atoms with Crippen LogP contribution in [0, 0.1) is 0 Å². The standard InChI is InChI=1S/C22H18N2O4S/c1-13-18(21(27)28-2)19(14-8-4-3-5-9-14)24-20(26)17(29-22(24)23-13)12-15-10-6-7-11-16(15)25/h3-12,19,25H,1-2H3/t19-/m1/s1. The minimum atomic E-state index is -0.633. The fraction of sp³-hybridized carbons (Fsp3) is 0.136. The first kappa shape index (κ1) is 18.9. The Kier molecular flexibility index (Phi) is 4.90. The van der Waals surface area contributed by atoms with E-state index in [4.69, 9.17) is 4.74 Å². The van der Waals surface area contributed by atoms with Crippen LogP contribution in [0.5, 0.6) is 5.75 Å². The van der Waals surface area contributed by atoms with Gasteiger partial charge < -0.3 is 9.84 Å². The maximum atomic E-state index is 13.3. The number of phenolic OH excluding ortho intramolecular Hbond substituents is 1. The largest absolute Gasteiger partial charge is 0.507 e. The molecule has 0 saturated carbocycles. The van der Waals surface area contributed by atoms with Gasteiger partial charge in [-0.15, -0.1) is 0 Å². The van der Waals surface area contributed by atoms with E-state index in [0.29, 0.717) is 26.2 Å². The number of hydrogen-bond acceptors (Lipinski definition) is 6. The first-order valence-corrected chi connectivity index (χ1v) is 9.76. The number of hydrogen-bond donors (Lipinski definition) is 1. The molecule has 3 aromatic rings. The van der Waals surface area contributed by atoms with Crippen molar-refractivity contribution in [3.63, 3.8) is 0 Å². The maximum absolute atomic E-state index is 13.3. The number of methoxy groups -OCH3 is 1. The minimum Gasteiger partial charge on any atom is -0.507 e. The predicted octanol–water partition coefficient (Wildman–Crippen LogP) is 2.11. The Bertz CT molecular complexity index is 1300. The number of carbonyl (C=O) groups excluding carboxylic acids is 1. The molecular formula is C22H18N2O4S. The summed E-state index contributed by atoms with van der Waals surface area (Å²) in [6, 6.07) is 15.5. The number of thiazole rings is 1. The molecule has 0 fully saturated rings. The van der Waals surface area contributed by atoms with Gasteiger partial charge in [0.1, 0.15) is 5.75 Å². The van der Waals surface area contributed by atoms with Crippen molar-refractivity contribution < 1.29 is 14.6 Å². The van der Waals surface area contributed by atoms with Crippen molar-refractivity contribution in [3.05, 3.63) is 96.7 Å². The summed E-state index contributed by atoms with van der Waals surface area (Å²) in [6.07, 6.45) is 1.64. The van der Waals surface area contributed by atoms with E-state index in [1.165, 1.54) is 23.0 Å². The van der Waals surface area contributed by atoms with Crippen LogP contribution in [0.3, 0.4) is 0 Å². The van der Waals surface area contributed by atoms with Gasteiger partial charge in [0, 0.05) is 5.56 Å². The molecule has 146 valence electrons. The van der Waals surface area contributed by atoms with Crippen LogP contribution >= 0.6 is 11.3 Å². The average Bonchev–Trinajstić information content (AvgIpc) is 3.03. The predicted molar refractivity (Wildman–Crippen MR) is 110 cm³/mol. The molecule has 7 heteroatoms. The number of fused-ring (bicyclic) bond motifs is 1. The molecule has 6 nitrogen and oxygen atoms in total. The number of ether oxygens (including phenoxy) is 1. The van der Waals surface area contributed by atoms with Crippen LogP contribution in [0.25, 0.3) is 6.08 Å². The van der Waals surface area contributed by atoms with Crippen molar-refractivity contribution in [2.45, 2.75) is 13.0 Å². The summed E-state index contributed by atoms with van der Waals surface area (Å²) in [4.78, 5) is 30.8. The van der Waals surface area contributed by atoms with Crippen molar-refractivity contribution >= 4 is 23.4 Å². The van der Waals surface area contributed by atoms with Crippen LogP contribution in [0.15, 0.2) is 75.7 Å². The maximum Gasteiger partial charge on any atom is 0.338 e. The van der Waals surface area contributed by atoms with Gasteiger partial charge in [0.15, 0.2) is 4.80 Å². The molecule has 0 amide bonds. The van der Waals surface area contributed by atoms with Crippen molar-refractivity contribution in [3.8, 4) is 5.75 Å². The number of phenols is 1. The first-order valence-electron chi connectivity index (χ1n) is 8.95. The highest BCUT2D eigenvalue weighted by atomic mass is 32.1. The summed E-state index contributed by atoms with van der Waals surface area (Å²) >= 11 is 1.22. The molecule has 4 rings (SSSR count). The van der Waals surface area contributed by atoms with E-state index in [2.05, 4.69) is 4.99 Å². The number of aromatic hydroxyl groups is 1. The third kappa shape index (κ3) is 3.30. The summed E-state index contributed by atoms with van der Waals surface area (Å²) in [7, 11) is 1.31. The number of aromatic nitrogens is 1. The average molecular weight is 406 g/mol. The third-order valence-electron chi connectivity index (χ3n) is 4.77. The SMILES string of the molecule is COC(=O)C1=C(C)N=c2sc(=Cc3ccccc3O)c(=O)n2[C@@H]1c1ccccc1. The second-order valence-corrected chi connectivity index (χ2v) is 7.55. The molecule has 0 radical (unpaired) electrons. The second kappa shape index (κ2) is 7.52. The molecule has 1 aliphatic rings. The Morgan fingerprint density at radius 3 is 2.55 bits per heavy atom. The Hall–Kier alpha value is -3.45. The lowest BCUT2D eigenvalue weighted by Crippen LogP contribution is -2.39. The number of para-hydroxylation sites is 1. The minimum absolute atomic E-state index is 0.0874.